The van der Waals surface area contributed by atoms with Crippen LogP contribution >= 0.6 is 11.6 Å². The molecule has 0 fully saturated rings. The molecule has 2 N–H and O–H groups in total. The summed E-state index contributed by atoms with van der Waals surface area (Å²) in [5, 5.41) is 6.61. The van der Waals surface area contributed by atoms with E-state index in [4.69, 9.17) is 20.8 Å². The van der Waals surface area contributed by atoms with Crippen LogP contribution in [0.2, 0.25) is 5.02 Å². The molecular weight excluding hydrogens is 532 g/mol. The molecule has 2 aromatic carbocycles. The van der Waals surface area contributed by atoms with Crippen molar-refractivity contribution < 1.29 is 27.2 Å². The molecule has 12 heteroatoms. The number of nitrogens with one attached hydrogen (secondary N) is 2. The Kier molecular flexibility index (Phi) is 10.6. The second-order valence-corrected chi connectivity index (χ2v) is 10.7. The van der Waals surface area contributed by atoms with Crippen LogP contribution in [0.25, 0.3) is 0 Å². The molecule has 0 unspecified atom stereocenters. The molecule has 38 heavy (non-hydrogen) atoms. The SMILES string of the molecule is COCCCNC(=O)C(=O)N/N=C/c1ccc(CN(Cc2ccc(C)cc2)S(=O)(=O)c2ccc(Cl)cc2)o1. The summed E-state index contributed by atoms with van der Waals surface area (Å²) < 4.78 is 38.8. The zero-order valence-electron chi connectivity index (χ0n) is 21.0. The van der Waals surface area contributed by atoms with Gasteiger partial charge in [-0.05, 0) is 55.3 Å². The molecule has 0 saturated heterocycles. The van der Waals surface area contributed by atoms with Crippen molar-refractivity contribution >= 4 is 39.7 Å². The van der Waals surface area contributed by atoms with Crippen LogP contribution in [0.3, 0.4) is 0 Å². The third-order valence-corrected chi connectivity index (χ3v) is 7.38. The highest BCUT2D eigenvalue weighted by atomic mass is 35.5. The van der Waals surface area contributed by atoms with Crippen LogP contribution in [-0.4, -0.2) is 51.0 Å². The number of rotatable bonds is 12. The van der Waals surface area contributed by atoms with Crippen molar-refractivity contribution in [3.8, 4) is 0 Å². The number of methoxy groups -OCH3 is 1. The number of carbonyl (C=O) groups is 2. The van der Waals surface area contributed by atoms with Gasteiger partial charge in [-0.2, -0.15) is 9.41 Å². The normalized spacial score (nSPS) is 11.7. The summed E-state index contributed by atoms with van der Waals surface area (Å²) in [6, 6.07) is 16.7. The molecule has 0 aliphatic heterocycles. The van der Waals surface area contributed by atoms with Crippen molar-refractivity contribution in [1.29, 1.82) is 0 Å². The Bertz CT molecular complexity index is 1360. The number of halogens is 1. The molecule has 0 radical (unpaired) electrons. The smallest absolute Gasteiger partial charge is 0.329 e. The van der Waals surface area contributed by atoms with Gasteiger partial charge in [0.1, 0.15) is 11.5 Å². The minimum Gasteiger partial charge on any atom is -0.459 e. The summed E-state index contributed by atoms with van der Waals surface area (Å²) in [5.41, 5.74) is 3.99. The van der Waals surface area contributed by atoms with E-state index in [1.165, 1.54) is 34.8 Å². The molecule has 0 atom stereocenters. The van der Waals surface area contributed by atoms with Crippen molar-refractivity contribution in [3.63, 3.8) is 0 Å². The zero-order valence-corrected chi connectivity index (χ0v) is 22.6. The van der Waals surface area contributed by atoms with Gasteiger partial charge in [0.2, 0.25) is 10.0 Å². The first-order valence-electron chi connectivity index (χ1n) is 11.7. The first kappa shape index (κ1) is 29.1. The monoisotopic (exact) mass is 560 g/mol. The van der Waals surface area contributed by atoms with E-state index >= 15 is 0 Å². The molecule has 0 spiro atoms. The average Bonchev–Trinajstić information content (AvgIpc) is 3.34. The maximum Gasteiger partial charge on any atom is 0.329 e. The summed E-state index contributed by atoms with van der Waals surface area (Å²) in [4.78, 5) is 23.7. The number of benzene rings is 2. The molecular formula is C26H29ClN4O6S. The first-order valence-corrected chi connectivity index (χ1v) is 13.5. The average molecular weight is 561 g/mol. The Labute approximate surface area is 226 Å². The quantitative estimate of drug-likeness (QED) is 0.151. The van der Waals surface area contributed by atoms with E-state index in [-0.39, 0.29) is 23.7 Å². The summed E-state index contributed by atoms with van der Waals surface area (Å²) >= 11 is 5.94. The fourth-order valence-electron chi connectivity index (χ4n) is 3.31. The van der Waals surface area contributed by atoms with Crippen molar-refractivity contribution in [2.45, 2.75) is 31.3 Å². The number of carbonyl (C=O) groups excluding carboxylic acids is 2. The molecule has 0 aliphatic rings. The summed E-state index contributed by atoms with van der Waals surface area (Å²) in [6.45, 7) is 2.78. The summed E-state index contributed by atoms with van der Waals surface area (Å²) in [6.07, 6.45) is 1.79. The van der Waals surface area contributed by atoms with Gasteiger partial charge in [-0.3, -0.25) is 9.59 Å². The van der Waals surface area contributed by atoms with Crippen LogP contribution in [-0.2, 0) is 37.4 Å². The largest absolute Gasteiger partial charge is 0.459 e. The van der Waals surface area contributed by atoms with E-state index in [1.807, 2.05) is 31.2 Å². The molecule has 3 aromatic rings. The minimum absolute atomic E-state index is 0.0527. The predicted octanol–water partition coefficient (Wildman–Crippen LogP) is 3.24. The Hall–Kier alpha value is -3.51. The van der Waals surface area contributed by atoms with Gasteiger partial charge in [0.25, 0.3) is 0 Å². The van der Waals surface area contributed by atoms with Gasteiger partial charge in [0.05, 0.1) is 17.7 Å². The molecule has 202 valence electrons. The van der Waals surface area contributed by atoms with Gasteiger partial charge >= 0.3 is 11.8 Å². The van der Waals surface area contributed by atoms with E-state index < -0.39 is 21.8 Å². The van der Waals surface area contributed by atoms with Crippen LogP contribution in [0.1, 0.15) is 29.1 Å². The predicted molar refractivity (Wildman–Crippen MR) is 143 cm³/mol. The highest BCUT2D eigenvalue weighted by Gasteiger charge is 2.26. The Morgan fingerprint density at radius 3 is 2.42 bits per heavy atom. The van der Waals surface area contributed by atoms with Gasteiger partial charge in [0.15, 0.2) is 0 Å². The number of aryl methyl sites for hydroxylation is 1. The van der Waals surface area contributed by atoms with Crippen molar-refractivity contribution in [1.82, 2.24) is 15.0 Å². The van der Waals surface area contributed by atoms with Crippen molar-refractivity contribution in [2.75, 3.05) is 20.3 Å². The van der Waals surface area contributed by atoms with Crippen molar-refractivity contribution in [3.05, 3.63) is 88.3 Å². The standard InChI is InChI=1S/C26H29ClN4O6S/c1-19-4-6-20(7-5-19)17-31(38(34,35)24-12-8-21(27)9-13-24)18-23-11-10-22(37-23)16-29-30-26(33)25(32)28-14-3-15-36-2/h4-13,16H,3,14-15,17-18H2,1-2H3,(H,28,32)(H,30,33)/b29-16+. The third kappa shape index (κ3) is 8.52. The Balaban J connectivity index is 1.69. The van der Waals surface area contributed by atoms with E-state index in [9.17, 15) is 18.0 Å². The van der Waals surface area contributed by atoms with Crippen LogP contribution in [0.5, 0.6) is 0 Å². The Morgan fingerprint density at radius 1 is 1.03 bits per heavy atom. The number of sulfonamides is 1. The Morgan fingerprint density at radius 2 is 1.74 bits per heavy atom. The number of furan rings is 1. The lowest BCUT2D eigenvalue weighted by Gasteiger charge is -2.21. The highest BCUT2D eigenvalue weighted by molar-refractivity contribution is 7.89. The van der Waals surface area contributed by atoms with E-state index in [2.05, 4.69) is 15.8 Å². The molecule has 10 nitrogen and oxygen atoms in total. The summed E-state index contributed by atoms with van der Waals surface area (Å²) in [5.74, 6) is -1.13. The van der Waals surface area contributed by atoms with Crippen LogP contribution in [0.15, 0.2) is 75.1 Å². The number of ether oxygens (including phenoxy) is 1. The van der Waals surface area contributed by atoms with Crippen molar-refractivity contribution in [2.24, 2.45) is 5.10 Å². The lowest BCUT2D eigenvalue weighted by molar-refractivity contribution is -0.139. The van der Waals surface area contributed by atoms with Gasteiger partial charge in [-0.15, -0.1) is 0 Å². The summed E-state index contributed by atoms with van der Waals surface area (Å²) in [7, 11) is -2.35. The number of hydrogen-bond donors (Lipinski definition) is 2. The minimum atomic E-state index is -3.89. The lowest BCUT2D eigenvalue weighted by Crippen LogP contribution is -2.38. The van der Waals surface area contributed by atoms with Crippen LogP contribution < -0.4 is 10.7 Å². The third-order valence-electron chi connectivity index (χ3n) is 5.32. The van der Waals surface area contributed by atoms with E-state index in [0.29, 0.717) is 30.4 Å². The van der Waals surface area contributed by atoms with E-state index in [1.54, 1.807) is 19.2 Å². The fourth-order valence-corrected chi connectivity index (χ4v) is 4.83. The number of nitrogens with zero attached hydrogens (tertiary/aromatic N) is 2. The second kappa shape index (κ2) is 13.9. The highest BCUT2D eigenvalue weighted by Crippen LogP contribution is 2.23. The maximum absolute atomic E-state index is 13.5. The van der Waals surface area contributed by atoms with E-state index in [0.717, 1.165) is 11.1 Å². The number of hydrazone groups is 1. The van der Waals surface area contributed by atoms with Gasteiger partial charge < -0.3 is 14.5 Å². The lowest BCUT2D eigenvalue weighted by atomic mass is 10.1. The fraction of sp³-hybridized carbons (Fsp3) is 0.269. The van der Waals surface area contributed by atoms with Gasteiger partial charge in [-0.1, -0.05) is 41.4 Å². The molecule has 0 bridgehead atoms. The van der Waals surface area contributed by atoms with Gasteiger partial charge in [-0.25, -0.2) is 13.8 Å². The van der Waals surface area contributed by atoms with Crippen LogP contribution in [0.4, 0.5) is 0 Å². The molecule has 0 saturated carbocycles. The van der Waals surface area contributed by atoms with Gasteiger partial charge in [0, 0.05) is 31.8 Å². The number of hydrogen-bond acceptors (Lipinski definition) is 7. The maximum atomic E-state index is 13.5. The molecule has 1 aromatic heterocycles. The molecule has 3 rings (SSSR count). The zero-order chi connectivity index (χ0) is 27.5. The van der Waals surface area contributed by atoms with Crippen LogP contribution in [0, 0.1) is 6.92 Å². The molecule has 1 heterocycles. The topological polar surface area (TPSA) is 130 Å². The second-order valence-electron chi connectivity index (χ2n) is 8.32. The first-order chi connectivity index (χ1) is 18.2. The number of amides is 2. The molecule has 2 amide bonds. The molecule has 0 aliphatic carbocycles.